The molecule has 2 heteroatoms. The third-order valence-electron chi connectivity index (χ3n) is 2.49. The molecule has 1 aromatic rings. The van der Waals surface area contributed by atoms with Crippen molar-refractivity contribution >= 4 is 15.9 Å². The van der Waals surface area contributed by atoms with E-state index in [2.05, 4.69) is 48.8 Å². The van der Waals surface area contributed by atoms with Crippen LogP contribution in [0.15, 0.2) is 28.7 Å². The normalized spacial score (nSPS) is 14.2. The summed E-state index contributed by atoms with van der Waals surface area (Å²) < 4.78 is 1.14. The molecular formula is C11H16BrN. The van der Waals surface area contributed by atoms with Gasteiger partial charge in [-0.1, -0.05) is 41.1 Å². The van der Waals surface area contributed by atoms with Crippen LogP contribution in [-0.4, -0.2) is 5.54 Å². The largest absolute Gasteiger partial charge is 0.325 e. The first-order valence-electron chi connectivity index (χ1n) is 4.46. The van der Waals surface area contributed by atoms with Crippen LogP contribution >= 0.6 is 15.9 Å². The van der Waals surface area contributed by atoms with Gasteiger partial charge in [-0.25, -0.2) is 0 Å². The molecule has 0 fully saturated rings. The van der Waals surface area contributed by atoms with Gasteiger partial charge in [-0.3, -0.25) is 0 Å². The van der Waals surface area contributed by atoms with Crippen molar-refractivity contribution in [1.82, 2.24) is 0 Å². The fourth-order valence-electron chi connectivity index (χ4n) is 1.23. The Balaban J connectivity index is 3.02. The summed E-state index contributed by atoms with van der Waals surface area (Å²) in [5.41, 5.74) is 7.16. The van der Waals surface area contributed by atoms with Gasteiger partial charge in [0.2, 0.25) is 0 Å². The molecule has 0 aliphatic rings. The standard InChI is InChI=1S/C11H16BrN/c1-8(11(2,3)13)9-6-4-5-7-10(9)12/h4-8H,13H2,1-3H3. The smallest absolute Gasteiger partial charge is 0.0210 e. The molecule has 0 bridgehead atoms. The third-order valence-corrected chi connectivity index (χ3v) is 3.21. The zero-order valence-electron chi connectivity index (χ0n) is 8.34. The summed E-state index contributed by atoms with van der Waals surface area (Å²) in [6.07, 6.45) is 0. The number of benzene rings is 1. The maximum absolute atomic E-state index is 6.06. The van der Waals surface area contributed by atoms with Gasteiger partial charge in [-0.15, -0.1) is 0 Å². The van der Waals surface area contributed by atoms with E-state index < -0.39 is 0 Å². The summed E-state index contributed by atoms with van der Waals surface area (Å²) in [7, 11) is 0. The fraction of sp³-hybridized carbons (Fsp3) is 0.455. The Bertz CT molecular complexity index is 288. The van der Waals surface area contributed by atoms with Gasteiger partial charge in [0.05, 0.1) is 0 Å². The highest BCUT2D eigenvalue weighted by Crippen LogP contribution is 2.30. The van der Waals surface area contributed by atoms with E-state index in [1.165, 1.54) is 5.56 Å². The predicted molar refractivity (Wildman–Crippen MR) is 60.8 cm³/mol. The Morgan fingerprint density at radius 3 is 2.31 bits per heavy atom. The summed E-state index contributed by atoms with van der Waals surface area (Å²) in [6, 6.07) is 8.23. The minimum atomic E-state index is -0.177. The van der Waals surface area contributed by atoms with E-state index in [0.717, 1.165) is 4.47 Å². The van der Waals surface area contributed by atoms with Crippen LogP contribution in [0.25, 0.3) is 0 Å². The first-order chi connectivity index (χ1) is 5.93. The van der Waals surface area contributed by atoms with E-state index in [1.807, 2.05) is 12.1 Å². The molecule has 72 valence electrons. The lowest BCUT2D eigenvalue weighted by Gasteiger charge is -2.28. The Morgan fingerprint density at radius 1 is 1.31 bits per heavy atom. The minimum absolute atomic E-state index is 0.177. The van der Waals surface area contributed by atoms with Crippen molar-refractivity contribution in [3.8, 4) is 0 Å². The summed E-state index contributed by atoms with van der Waals surface area (Å²) in [4.78, 5) is 0. The van der Waals surface area contributed by atoms with Gasteiger partial charge in [0.25, 0.3) is 0 Å². The van der Waals surface area contributed by atoms with E-state index in [-0.39, 0.29) is 5.54 Å². The van der Waals surface area contributed by atoms with Crippen LogP contribution in [0.5, 0.6) is 0 Å². The molecule has 0 saturated carbocycles. The van der Waals surface area contributed by atoms with Gasteiger partial charge < -0.3 is 5.73 Å². The van der Waals surface area contributed by atoms with Crippen molar-refractivity contribution < 1.29 is 0 Å². The zero-order chi connectivity index (χ0) is 10.1. The fourth-order valence-corrected chi connectivity index (χ4v) is 1.86. The van der Waals surface area contributed by atoms with Crippen LogP contribution in [-0.2, 0) is 0 Å². The number of rotatable bonds is 2. The highest BCUT2D eigenvalue weighted by molar-refractivity contribution is 9.10. The molecule has 0 spiro atoms. The maximum Gasteiger partial charge on any atom is 0.0210 e. The highest BCUT2D eigenvalue weighted by atomic mass is 79.9. The minimum Gasteiger partial charge on any atom is -0.325 e. The van der Waals surface area contributed by atoms with E-state index >= 15 is 0 Å². The van der Waals surface area contributed by atoms with Crippen molar-refractivity contribution in [3.05, 3.63) is 34.3 Å². The lowest BCUT2D eigenvalue weighted by molar-refractivity contribution is 0.434. The summed E-state index contributed by atoms with van der Waals surface area (Å²) in [6.45, 7) is 6.26. The van der Waals surface area contributed by atoms with Crippen molar-refractivity contribution in [2.75, 3.05) is 0 Å². The van der Waals surface area contributed by atoms with Crippen molar-refractivity contribution in [2.24, 2.45) is 5.73 Å². The molecule has 0 saturated heterocycles. The quantitative estimate of drug-likeness (QED) is 0.846. The SMILES string of the molecule is CC(c1ccccc1Br)C(C)(C)N. The van der Waals surface area contributed by atoms with Crippen molar-refractivity contribution in [3.63, 3.8) is 0 Å². The van der Waals surface area contributed by atoms with Gasteiger partial charge in [0, 0.05) is 10.0 Å². The molecule has 1 aromatic carbocycles. The lowest BCUT2D eigenvalue weighted by atomic mass is 9.84. The predicted octanol–water partition coefficient (Wildman–Crippen LogP) is 3.29. The molecule has 0 radical (unpaired) electrons. The van der Waals surface area contributed by atoms with E-state index in [0.29, 0.717) is 5.92 Å². The molecule has 0 aromatic heterocycles. The average Bonchev–Trinajstić information content (AvgIpc) is 2.02. The summed E-state index contributed by atoms with van der Waals surface area (Å²) in [5.74, 6) is 0.350. The van der Waals surface area contributed by atoms with Gasteiger partial charge in [-0.05, 0) is 31.4 Å². The second kappa shape index (κ2) is 3.81. The second-order valence-electron chi connectivity index (χ2n) is 4.06. The summed E-state index contributed by atoms with van der Waals surface area (Å²) in [5, 5.41) is 0. The molecule has 1 nitrogen and oxygen atoms in total. The molecule has 1 rings (SSSR count). The third kappa shape index (κ3) is 2.55. The molecular weight excluding hydrogens is 226 g/mol. The molecule has 1 unspecified atom stereocenters. The van der Waals surface area contributed by atoms with E-state index in [9.17, 15) is 0 Å². The van der Waals surface area contributed by atoms with Crippen LogP contribution in [0.2, 0.25) is 0 Å². The molecule has 2 N–H and O–H groups in total. The Hall–Kier alpha value is -0.340. The van der Waals surface area contributed by atoms with Crippen LogP contribution in [0.1, 0.15) is 32.3 Å². The molecule has 0 aliphatic carbocycles. The first kappa shape index (κ1) is 10.7. The van der Waals surface area contributed by atoms with Crippen LogP contribution in [0, 0.1) is 0 Å². The number of hydrogen-bond donors (Lipinski definition) is 1. The van der Waals surface area contributed by atoms with Crippen LogP contribution in [0.3, 0.4) is 0 Å². The lowest BCUT2D eigenvalue weighted by Crippen LogP contribution is -2.37. The number of hydrogen-bond acceptors (Lipinski definition) is 1. The van der Waals surface area contributed by atoms with Crippen molar-refractivity contribution in [2.45, 2.75) is 32.2 Å². The monoisotopic (exact) mass is 241 g/mol. The molecule has 0 heterocycles. The maximum atomic E-state index is 6.06. The van der Waals surface area contributed by atoms with Gasteiger partial charge >= 0.3 is 0 Å². The number of nitrogens with two attached hydrogens (primary N) is 1. The summed E-state index contributed by atoms with van der Waals surface area (Å²) >= 11 is 3.53. The van der Waals surface area contributed by atoms with E-state index in [4.69, 9.17) is 5.73 Å². The molecule has 0 aliphatic heterocycles. The van der Waals surface area contributed by atoms with E-state index in [1.54, 1.807) is 0 Å². The highest BCUT2D eigenvalue weighted by Gasteiger charge is 2.23. The van der Waals surface area contributed by atoms with Crippen molar-refractivity contribution in [1.29, 1.82) is 0 Å². The Kier molecular flexibility index (Phi) is 3.14. The van der Waals surface area contributed by atoms with Crippen LogP contribution in [0.4, 0.5) is 0 Å². The number of halogens is 1. The first-order valence-corrected chi connectivity index (χ1v) is 5.25. The zero-order valence-corrected chi connectivity index (χ0v) is 9.93. The average molecular weight is 242 g/mol. The van der Waals surface area contributed by atoms with Gasteiger partial charge in [-0.2, -0.15) is 0 Å². The Labute approximate surface area is 88.5 Å². The van der Waals surface area contributed by atoms with Crippen LogP contribution < -0.4 is 5.73 Å². The molecule has 0 amide bonds. The Morgan fingerprint density at radius 2 is 1.85 bits per heavy atom. The molecule has 13 heavy (non-hydrogen) atoms. The van der Waals surface area contributed by atoms with Gasteiger partial charge in [0.1, 0.15) is 0 Å². The second-order valence-corrected chi connectivity index (χ2v) is 4.92. The molecule has 1 atom stereocenters. The topological polar surface area (TPSA) is 26.0 Å². The van der Waals surface area contributed by atoms with Gasteiger partial charge in [0.15, 0.2) is 0 Å².